The number of benzene rings is 2. The van der Waals surface area contributed by atoms with E-state index in [0.717, 1.165) is 48.4 Å². The molecule has 1 amide bonds. The van der Waals surface area contributed by atoms with Gasteiger partial charge in [0.15, 0.2) is 6.61 Å². The zero-order valence-corrected chi connectivity index (χ0v) is 17.8. The number of hydrogen-bond donors (Lipinski definition) is 1. The number of anilines is 1. The first-order chi connectivity index (χ1) is 14.7. The second-order valence-corrected chi connectivity index (χ2v) is 8.50. The fourth-order valence-corrected chi connectivity index (χ4v) is 5.00. The first-order valence-corrected chi connectivity index (χ1v) is 11.2. The van der Waals surface area contributed by atoms with Crippen molar-refractivity contribution in [2.24, 2.45) is 0 Å². The van der Waals surface area contributed by atoms with E-state index >= 15 is 0 Å². The quantitative estimate of drug-likeness (QED) is 0.519. The molecule has 0 aliphatic heterocycles. The maximum absolute atomic E-state index is 12.6. The van der Waals surface area contributed by atoms with E-state index in [1.54, 1.807) is 0 Å². The molecule has 0 unspecified atom stereocenters. The molecule has 1 aromatic heterocycles. The van der Waals surface area contributed by atoms with Gasteiger partial charge >= 0.3 is 5.97 Å². The number of rotatable bonds is 7. The van der Waals surface area contributed by atoms with Gasteiger partial charge in [0.2, 0.25) is 0 Å². The summed E-state index contributed by atoms with van der Waals surface area (Å²) < 4.78 is 11.1. The summed E-state index contributed by atoms with van der Waals surface area (Å²) in [6, 6.07) is 13.7. The Balaban J connectivity index is 1.46. The molecule has 2 aromatic carbocycles. The van der Waals surface area contributed by atoms with E-state index in [1.165, 1.54) is 16.2 Å². The standard InChI is InChI=1S/C24H25NO4S/c1-2-13-28-24(27)22-19-9-5-6-10-20(19)30-23(22)25-21(26)15-29-18-12-11-16-7-3-4-8-17(16)14-18/h3-4,7-8,11-12,14H,2,5-6,9-10,13,15H2,1H3,(H,25,26). The molecule has 30 heavy (non-hydrogen) atoms. The first-order valence-electron chi connectivity index (χ1n) is 10.4. The molecule has 0 bridgehead atoms. The highest BCUT2D eigenvalue weighted by atomic mass is 32.1. The maximum atomic E-state index is 12.6. The van der Waals surface area contributed by atoms with Crippen molar-refractivity contribution in [2.75, 3.05) is 18.5 Å². The molecule has 0 fully saturated rings. The van der Waals surface area contributed by atoms with Gasteiger partial charge in [-0.25, -0.2) is 4.79 Å². The van der Waals surface area contributed by atoms with Crippen LogP contribution in [0.1, 0.15) is 47.0 Å². The van der Waals surface area contributed by atoms with Gasteiger partial charge in [-0.2, -0.15) is 0 Å². The zero-order valence-electron chi connectivity index (χ0n) is 17.0. The third-order valence-electron chi connectivity index (χ3n) is 5.16. The molecule has 0 atom stereocenters. The SMILES string of the molecule is CCCOC(=O)c1c(NC(=O)COc2ccc3ccccc3c2)sc2c1CCCC2. The lowest BCUT2D eigenvalue weighted by molar-refractivity contribution is -0.118. The molecular formula is C24H25NO4S. The first kappa shape index (κ1) is 20.4. The van der Waals surface area contributed by atoms with Crippen molar-refractivity contribution in [1.29, 1.82) is 0 Å². The van der Waals surface area contributed by atoms with Crippen LogP contribution >= 0.6 is 11.3 Å². The fourth-order valence-electron chi connectivity index (χ4n) is 3.71. The van der Waals surface area contributed by atoms with Gasteiger partial charge in [-0.1, -0.05) is 37.3 Å². The number of thiophene rings is 1. The van der Waals surface area contributed by atoms with Crippen LogP contribution in [0.25, 0.3) is 10.8 Å². The van der Waals surface area contributed by atoms with E-state index in [9.17, 15) is 9.59 Å². The highest BCUT2D eigenvalue weighted by Crippen LogP contribution is 2.38. The Labute approximate surface area is 180 Å². The number of aryl methyl sites for hydroxylation is 1. The molecule has 1 aliphatic rings. The van der Waals surface area contributed by atoms with Crippen LogP contribution in [0.3, 0.4) is 0 Å². The number of fused-ring (bicyclic) bond motifs is 2. The second kappa shape index (κ2) is 9.30. The third-order valence-corrected chi connectivity index (χ3v) is 6.36. The van der Waals surface area contributed by atoms with Crippen molar-refractivity contribution in [3.63, 3.8) is 0 Å². The van der Waals surface area contributed by atoms with Gasteiger partial charge in [-0.15, -0.1) is 11.3 Å². The summed E-state index contributed by atoms with van der Waals surface area (Å²) in [7, 11) is 0. The van der Waals surface area contributed by atoms with E-state index in [1.807, 2.05) is 49.4 Å². The minimum absolute atomic E-state index is 0.121. The number of ether oxygens (including phenoxy) is 2. The summed E-state index contributed by atoms with van der Waals surface area (Å²) in [5.41, 5.74) is 1.57. The van der Waals surface area contributed by atoms with Crippen LogP contribution in [0.4, 0.5) is 5.00 Å². The molecular weight excluding hydrogens is 398 g/mol. The summed E-state index contributed by atoms with van der Waals surface area (Å²) in [5.74, 6) is 0.00481. The van der Waals surface area contributed by atoms with Gasteiger partial charge in [-0.05, 0) is 60.6 Å². The summed E-state index contributed by atoms with van der Waals surface area (Å²) in [6.45, 7) is 2.22. The summed E-state index contributed by atoms with van der Waals surface area (Å²) in [5, 5.41) is 5.64. The zero-order chi connectivity index (χ0) is 20.9. The molecule has 5 nitrogen and oxygen atoms in total. The van der Waals surface area contributed by atoms with Crippen molar-refractivity contribution in [2.45, 2.75) is 39.0 Å². The largest absolute Gasteiger partial charge is 0.484 e. The normalized spacial score (nSPS) is 13.0. The van der Waals surface area contributed by atoms with E-state index in [4.69, 9.17) is 9.47 Å². The van der Waals surface area contributed by atoms with E-state index in [0.29, 0.717) is 22.9 Å². The Kier molecular flexibility index (Phi) is 6.33. The smallest absolute Gasteiger partial charge is 0.341 e. The van der Waals surface area contributed by atoms with E-state index in [-0.39, 0.29) is 18.5 Å². The predicted molar refractivity (Wildman–Crippen MR) is 120 cm³/mol. The molecule has 0 spiro atoms. The number of amides is 1. The molecule has 6 heteroatoms. The van der Waals surface area contributed by atoms with Crippen LogP contribution in [0, 0.1) is 0 Å². The van der Waals surface area contributed by atoms with Gasteiger partial charge in [-0.3, -0.25) is 4.79 Å². The topological polar surface area (TPSA) is 64.6 Å². The van der Waals surface area contributed by atoms with Crippen LogP contribution in [0.5, 0.6) is 5.75 Å². The Morgan fingerprint density at radius 3 is 2.70 bits per heavy atom. The number of carbonyl (C=O) groups excluding carboxylic acids is 2. The molecule has 1 aliphatic carbocycles. The maximum Gasteiger partial charge on any atom is 0.341 e. The summed E-state index contributed by atoms with van der Waals surface area (Å²) in [6.07, 6.45) is 4.72. The average molecular weight is 424 g/mol. The molecule has 0 saturated carbocycles. The molecule has 1 N–H and O–H groups in total. The highest BCUT2D eigenvalue weighted by Gasteiger charge is 2.27. The Bertz CT molecular complexity index is 1070. The molecule has 3 aromatic rings. The molecule has 0 saturated heterocycles. The van der Waals surface area contributed by atoms with Crippen LogP contribution < -0.4 is 10.1 Å². The lowest BCUT2D eigenvalue weighted by atomic mass is 9.95. The lowest BCUT2D eigenvalue weighted by Gasteiger charge is -2.12. The predicted octanol–water partition coefficient (Wildman–Crippen LogP) is 5.36. The summed E-state index contributed by atoms with van der Waals surface area (Å²) in [4.78, 5) is 26.4. The van der Waals surface area contributed by atoms with Gasteiger partial charge in [0.05, 0.1) is 12.2 Å². The van der Waals surface area contributed by atoms with Gasteiger partial charge in [0, 0.05) is 4.88 Å². The molecule has 0 radical (unpaired) electrons. The minimum atomic E-state index is -0.345. The van der Waals surface area contributed by atoms with Crippen molar-refractivity contribution < 1.29 is 19.1 Å². The van der Waals surface area contributed by atoms with Crippen LogP contribution in [0.15, 0.2) is 42.5 Å². The monoisotopic (exact) mass is 423 g/mol. The Morgan fingerprint density at radius 2 is 1.87 bits per heavy atom. The number of carbonyl (C=O) groups is 2. The number of nitrogens with one attached hydrogen (secondary N) is 1. The van der Waals surface area contributed by atoms with Crippen molar-refractivity contribution in [3.05, 3.63) is 58.5 Å². The van der Waals surface area contributed by atoms with Crippen LogP contribution in [-0.4, -0.2) is 25.1 Å². The summed E-state index contributed by atoms with van der Waals surface area (Å²) >= 11 is 1.49. The fraction of sp³-hybridized carbons (Fsp3) is 0.333. The van der Waals surface area contributed by atoms with Crippen molar-refractivity contribution in [3.8, 4) is 5.75 Å². The van der Waals surface area contributed by atoms with Gasteiger partial charge < -0.3 is 14.8 Å². The second-order valence-electron chi connectivity index (χ2n) is 7.40. The van der Waals surface area contributed by atoms with Crippen LogP contribution in [-0.2, 0) is 22.4 Å². The van der Waals surface area contributed by atoms with E-state index < -0.39 is 0 Å². The lowest BCUT2D eigenvalue weighted by Crippen LogP contribution is -2.21. The average Bonchev–Trinajstić information content (AvgIpc) is 3.13. The van der Waals surface area contributed by atoms with Gasteiger partial charge in [0.1, 0.15) is 10.8 Å². The van der Waals surface area contributed by atoms with Crippen molar-refractivity contribution in [1.82, 2.24) is 0 Å². The number of esters is 1. The van der Waals surface area contributed by atoms with Crippen LogP contribution in [0.2, 0.25) is 0 Å². The Hall–Kier alpha value is -2.86. The highest BCUT2D eigenvalue weighted by molar-refractivity contribution is 7.17. The Morgan fingerprint density at radius 1 is 1.07 bits per heavy atom. The molecule has 156 valence electrons. The molecule has 4 rings (SSSR count). The number of hydrogen-bond acceptors (Lipinski definition) is 5. The van der Waals surface area contributed by atoms with E-state index in [2.05, 4.69) is 5.32 Å². The minimum Gasteiger partial charge on any atom is -0.484 e. The van der Waals surface area contributed by atoms with Crippen molar-refractivity contribution >= 4 is 39.0 Å². The van der Waals surface area contributed by atoms with Gasteiger partial charge in [0.25, 0.3) is 5.91 Å². The molecule has 1 heterocycles. The third kappa shape index (κ3) is 4.49.